The van der Waals surface area contributed by atoms with E-state index in [9.17, 15) is 9.59 Å². The number of rotatable bonds is 7. The van der Waals surface area contributed by atoms with Gasteiger partial charge in [0.25, 0.3) is 5.56 Å². The Labute approximate surface area is 242 Å². The van der Waals surface area contributed by atoms with Gasteiger partial charge in [-0.2, -0.15) is 0 Å². The van der Waals surface area contributed by atoms with Crippen LogP contribution in [0.2, 0.25) is 0 Å². The number of nitrogens with zero attached hydrogens (tertiary/aromatic N) is 2. The van der Waals surface area contributed by atoms with E-state index < -0.39 is 12.0 Å². The summed E-state index contributed by atoms with van der Waals surface area (Å²) < 4.78 is 19.8. The molecular weight excluding hydrogens is 627 g/mol. The molecule has 3 aromatic carbocycles. The fourth-order valence-electron chi connectivity index (χ4n) is 4.49. The van der Waals surface area contributed by atoms with Gasteiger partial charge < -0.3 is 14.2 Å². The van der Waals surface area contributed by atoms with Gasteiger partial charge in [0.2, 0.25) is 0 Å². The second kappa shape index (κ2) is 11.6. The Bertz CT molecular complexity index is 1740. The van der Waals surface area contributed by atoms with Crippen molar-refractivity contribution in [2.24, 2.45) is 4.99 Å². The van der Waals surface area contributed by atoms with E-state index in [1.807, 2.05) is 78.9 Å². The van der Waals surface area contributed by atoms with E-state index >= 15 is 0 Å². The number of allylic oxidation sites excluding steroid dienone is 1. The molecule has 1 aromatic heterocycles. The zero-order chi connectivity index (χ0) is 27.5. The lowest BCUT2D eigenvalue weighted by Crippen LogP contribution is -2.39. The van der Waals surface area contributed by atoms with Gasteiger partial charge in [-0.1, -0.05) is 47.7 Å². The van der Waals surface area contributed by atoms with E-state index in [0.717, 1.165) is 26.0 Å². The number of fused-ring (bicyclic) bond motifs is 1. The molecule has 4 aromatic rings. The smallest absolute Gasteiger partial charge is 0.338 e. The zero-order valence-electron chi connectivity index (χ0n) is 21.5. The number of carbonyl (C=O) groups is 1. The summed E-state index contributed by atoms with van der Waals surface area (Å²) in [5.74, 6) is 0.947. The van der Waals surface area contributed by atoms with E-state index in [-0.39, 0.29) is 5.56 Å². The quantitative estimate of drug-likeness (QED) is 0.216. The van der Waals surface area contributed by atoms with Crippen LogP contribution in [0.5, 0.6) is 11.5 Å². The molecule has 0 saturated heterocycles. The number of benzene rings is 3. The molecule has 1 atom stereocenters. The third-order valence-electron chi connectivity index (χ3n) is 6.35. The van der Waals surface area contributed by atoms with Gasteiger partial charge in [-0.05, 0) is 83.1 Å². The highest BCUT2D eigenvalue weighted by atomic mass is 127. The molecule has 7 nitrogen and oxygen atoms in total. The average molecular weight is 653 g/mol. The zero-order valence-corrected chi connectivity index (χ0v) is 24.5. The van der Waals surface area contributed by atoms with Crippen LogP contribution in [-0.4, -0.2) is 24.8 Å². The van der Waals surface area contributed by atoms with Crippen LogP contribution in [0.1, 0.15) is 29.7 Å². The molecule has 198 valence electrons. The first kappa shape index (κ1) is 26.9. The highest BCUT2D eigenvalue weighted by Gasteiger charge is 2.32. The number of aromatic nitrogens is 1. The van der Waals surface area contributed by atoms with Crippen molar-refractivity contribution in [2.45, 2.75) is 19.6 Å². The van der Waals surface area contributed by atoms with Crippen LogP contribution in [-0.2, 0) is 16.1 Å². The van der Waals surface area contributed by atoms with E-state index in [0.29, 0.717) is 33.0 Å². The Morgan fingerprint density at radius 3 is 2.51 bits per heavy atom. The Kier molecular flexibility index (Phi) is 7.99. The fraction of sp³-hybridized carbons (Fsp3) is 0.167. The third-order valence-corrected chi connectivity index (χ3v) is 8.05. The molecule has 0 radical (unpaired) electrons. The molecule has 0 saturated carbocycles. The molecule has 0 amide bonds. The highest BCUT2D eigenvalue weighted by molar-refractivity contribution is 14.1. The van der Waals surface area contributed by atoms with Gasteiger partial charge in [-0.15, -0.1) is 0 Å². The molecule has 0 bridgehead atoms. The Hall–Kier alpha value is -3.70. The number of carbonyl (C=O) groups excluding carboxylic acids is 1. The lowest BCUT2D eigenvalue weighted by atomic mass is 9.96. The summed E-state index contributed by atoms with van der Waals surface area (Å²) in [4.78, 5) is 31.7. The minimum absolute atomic E-state index is 0.228. The number of esters is 1. The molecule has 1 aliphatic heterocycles. The van der Waals surface area contributed by atoms with E-state index in [1.165, 1.54) is 18.4 Å². The molecule has 5 rings (SSSR count). The topological polar surface area (TPSA) is 79.1 Å². The predicted molar refractivity (Wildman–Crippen MR) is 159 cm³/mol. The van der Waals surface area contributed by atoms with Crippen molar-refractivity contribution in [3.63, 3.8) is 0 Å². The summed E-state index contributed by atoms with van der Waals surface area (Å²) in [5.41, 5.74) is 3.13. The van der Waals surface area contributed by atoms with Gasteiger partial charge in [0, 0.05) is 9.13 Å². The Morgan fingerprint density at radius 2 is 1.82 bits per heavy atom. The van der Waals surface area contributed by atoms with Gasteiger partial charge in [0.1, 0.15) is 18.1 Å². The first-order valence-electron chi connectivity index (χ1n) is 12.1. The molecule has 0 N–H and O–H groups in total. The van der Waals surface area contributed by atoms with Crippen LogP contribution in [0.25, 0.3) is 6.08 Å². The fourth-order valence-corrected chi connectivity index (χ4v) is 5.89. The van der Waals surface area contributed by atoms with Crippen LogP contribution >= 0.6 is 33.9 Å². The molecule has 39 heavy (non-hydrogen) atoms. The molecular formula is C30H25IN2O5S. The summed E-state index contributed by atoms with van der Waals surface area (Å²) in [5, 5.41) is 0. The first-order chi connectivity index (χ1) is 18.9. The second-order valence-electron chi connectivity index (χ2n) is 8.80. The van der Waals surface area contributed by atoms with E-state index in [1.54, 1.807) is 18.6 Å². The van der Waals surface area contributed by atoms with Crippen molar-refractivity contribution in [1.82, 2.24) is 4.57 Å². The van der Waals surface area contributed by atoms with Crippen molar-refractivity contribution >= 4 is 46.0 Å². The minimum Gasteiger partial charge on any atom is -0.496 e. The summed E-state index contributed by atoms with van der Waals surface area (Å²) >= 11 is 3.54. The third kappa shape index (κ3) is 5.55. The lowest BCUT2D eigenvalue weighted by Gasteiger charge is -2.24. The van der Waals surface area contributed by atoms with Gasteiger partial charge in [-0.25, -0.2) is 9.79 Å². The summed E-state index contributed by atoms with van der Waals surface area (Å²) in [6, 6.07) is 22.3. The standard InChI is InChI=1S/C30H25IN2O5S/c1-18-26(29(35)37-3)27(20-7-5-4-6-8-20)33-28(34)25(39-30(33)32-18)16-19-9-14-24(36-2)21(15-19)17-38-23-12-10-22(31)11-13-23/h4-16,27H,17H2,1-3H3/b25-16-. The molecule has 9 heteroatoms. The first-order valence-corrected chi connectivity index (χ1v) is 14.0. The number of methoxy groups -OCH3 is 2. The van der Waals surface area contributed by atoms with Gasteiger partial charge >= 0.3 is 5.97 Å². The minimum atomic E-state index is -0.634. The molecule has 0 aliphatic carbocycles. The van der Waals surface area contributed by atoms with Crippen LogP contribution in [0.15, 0.2) is 93.9 Å². The average Bonchev–Trinajstić information content (AvgIpc) is 3.26. The molecule has 2 heterocycles. The molecule has 1 unspecified atom stereocenters. The SMILES string of the molecule is COC(=O)C1=C(C)N=c2s/c(=C\c3ccc(OC)c(COc4ccc(I)cc4)c3)c(=O)n2C1c1ccccc1. The summed E-state index contributed by atoms with van der Waals surface area (Å²) in [7, 11) is 2.95. The van der Waals surface area contributed by atoms with Gasteiger partial charge in [-0.3, -0.25) is 9.36 Å². The van der Waals surface area contributed by atoms with Crippen LogP contribution in [0.3, 0.4) is 0 Å². The number of hydrogen-bond donors (Lipinski definition) is 0. The lowest BCUT2D eigenvalue weighted by molar-refractivity contribution is -0.136. The van der Waals surface area contributed by atoms with Crippen LogP contribution < -0.4 is 24.4 Å². The van der Waals surface area contributed by atoms with E-state index in [4.69, 9.17) is 14.2 Å². The predicted octanol–water partition coefficient (Wildman–Crippen LogP) is 4.60. The second-order valence-corrected chi connectivity index (χ2v) is 11.1. The maximum absolute atomic E-state index is 13.8. The molecule has 0 fully saturated rings. The Morgan fingerprint density at radius 1 is 1.08 bits per heavy atom. The molecule has 0 spiro atoms. The number of thiazole rings is 1. The number of ether oxygens (including phenoxy) is 3. The maximum Gasteiger partial charge on any atom is 0.338 e. The van der Waals surface area contributed by atoms with Gasteiger partial charge in [0.15, 0.2) is 4.80 Å². The number of hydrogen-bond acceptors (Lipinski definition) is 7. The van der Waals surface area contributed by atoms with E-state index in [2.05, 4.69) is 27.6 Å². The highest BCUT2D eigenvalue weighted by Crippen LogP contribution is 2.30. The normalized spacial score (nSPS) is 15.0. The maximum atomic E-state index is 13.8. The van der Waals surface area contributed by atoms with Crippen molar-refractivity contribution in [1.29, 1.82) is 0 Å². The Balaban J connectivity index is 1.56. The summed E-state index contributed by atoms with van der Waals surface area (Å²) in [6.45, 7) is 2.07. The van der Waals surface area contributed by atoms with Crippen LogP contribution in [0.4, 0.5) is 0 Å². The summed E-state index contributed by atoms with van der Waals surface area (Å²) in [6.07, 6.45) is 1.83. The monoisotopic (exact) mass is 652 g/mol. The van der Waals surface area contributed by atoms with Crippen molar-refractivity contribution in [3.05, 3.63) is 124 Å². The number of halogens is 1. The molecule has 1 aliphatic rings. The van der Waals surface area contributed by atoms with Crippen LogP contribution in [0, 0.1) is 3.57 Å². The van der Waals surface area contributed by atoms with Crippen molar-refractivity contribution in [3.8, 4) is 11.5 Å². The van der Waals surface area contributed by atoms with Crippen molar-refractivity contribution in [2.75, 3.05) is 14.2 Å². The van der Waals surface area contributed by atoms with Crippen molar-refractivity contribution < 1.29 is 19.0 Å². The van der Waals surface area contributed by atoms with Gasteiger partial charge in [0.05, 0.1) is 36.1 Å². The largest absolute Gasteiger partial charge is 0.496 e.